The predicted octanol–water partition coefficient (Wildman–Crippen LogP) is 1.54. The molecule has 0 saturated carbocycles. The lowest BCUT2D eigenvalue weighted by Crippen LogP contribution is -2.37. The number of nitrogens with zero attached hydrogens (tertiary/aromatic N) is 2. The van der Waals surface area contributed by atoms with Gasteiger partial charge in [0, 0.05) is 19.2 Å². The van der Waals surface area contributed by atoms with Crippen LogP contribution in [0, 0.1) is 6.92 Å². The maximum Gasteiger partial charge on any atom is 0.263 e. The zero-order valence-electron chi connectivity index (χ0n) is 13.6. The van der Waals surface area contributed by atoms with Crippen LogP contribution in [0.15, 0.2) is 16.0 Å². The maximum atomic E-state index is 12.3. The Bertz CT molecular complexity index is 661. The number of hydrogen-bond donors (Lipinski definition) is 1. The number of aromatic nitrogens is 1. The summed E-state index contributed by atoms with van der Waals surface area (Å²) in [6, 6.07) is 1.67. The highest BCUT2D eigenvalue weighted by atomic mass is 16.6. The lowest BCUT2D eigenvalue weighted by molar-refractivity contribution is 0.0752. The van der Waals surface area contributed by atoms with Crippen molar-refractivity contribution in [1.82, 2.24) is 9.88 Å². The second-order valence-corrected chi connectivity index (χ2v) is 5.56. The maximum absolute atomic E-state index is 12.3. The van der Waals surface area contributed by atoms with Gasteiger partial charge < -0.3 is 14.7 Å². The number of amides is 1. The zero-order valence-corrected chi connectivity index (χ0v) is 13.6. The van der Waals surface area contributed by atoms with E-state index >= 15 is 0 Å². The Kier molecular flexibility index (Phi) is 5.00. The number of carbonyl (C=O) groups excluding carboxylic acids is 1. The van der Waals surface area contributed by atoms with Crippen LogP contribution in [0.5, 0.6) is 0 Å². The van der Waals surface area contributed by atoms with Crippen molar-refractivity contribution >= 4 is 11.6 Å². The molecule has 2 heterocycles. The summed E-state index contributed by atoms with van der Waals surface area (Å²) in [4.78, 5) is 29.8. The van der Waals surface area contributed by atoms with Crippen molar-refractivity contribution in [2.24, 2.45) is 12.2 Å². The van der Waals surface area contributed by atoms with E-state index in [1.165, 1.54) is 0 Å². The molecule has 1 aromatic heterocycles. The van der Waals surface area contributed by atoms with Crippen LogP contribution < -0.4 is 10.9 Å². The number of hydrogen-bond acceptors (Lipinski definition) is 4. The fraction of sp³-hybridized carbons (Fsp3) is 0.562. The van der Waals surface area contributed by atoms with Crippen molar-refractivity contribution in [1.29, 1.82) is 0 Å². The van der Waals surface area contributed by atoms with Crippen molar-refractivity contribution in [3.63, 3.8) is 0 Å². The molecule has 0 saturated heterocycles. The van der Waals surface area contributed by atoms with E-state index in [0.717, 1.165) is 36.2 Å². The number of rotatable bonds is 5. The van der Waals surface area contributed by atoms with Crippen LogP contribution in [0.25, 0.3) is 0 Å². The average Bonchev–Trinajstić information content (AvgIpc) is 2.97. The van der Waals surface area contributed by atoms with Crippen LogP contribution in [0.2, 0.25) is 0 Å². The van der Waals surface area contributed by atoms with Gasteiger partial charge in [0.05, 0.1) is 12.3 Å². The first-order valence-corrected chi connectivity index (χ1v) is 7.67. The van der Waals surface area contributed by atoms with Crippen molar-refractivity contribution in [2.45, 2.75) is 46.1 Å². The van der Waals surface area contributed by atoms with Gasteiger partial charge in [-0.2, -0.15) is 0 Å². The van der Waals surface area contributed by atoms with Gasteiger partial charge in [-0.05, 0) is 31.4 Å². The number of oxime groups is 1. The molecule has 2 rings (SSSR count). The summed E-state index contributed by atoms with van der Waals surface area (Å²) in [5.41, 5.74) is 2.80. The molecule has 120 valence electrons. The molecule has 6 heteroatoms. The molecule has 0 aliphatic carbocycles. The molecule has 1 atom stereocenters. The zero-order chi connectivity index (χ0) is 16.3. The van der Waals surface area contributed by atoms with Gasteiger partial charge in [-0.3, -0.25) is 9.59 Å². The van der Waals surface area contributed by atoms with Gasteiger partial charge in [-0.25, -0.2) is 0 Å². The minimum atomic E-state index is -0.361. The van der Waals surface area contributed by atoms with Gasteiger partial charge in [0.15, 0.2) is 0 Å². The van der Waals surface area contributed by atoms with E-state index in [1.54, 1.807) is 17.7 Å². The fourth-order valence-electron chi connectivity index (χ4n) is 2.71. The third-order valence-corrected chi connectivity index (χ3v) is 4.03. The number of aryl methyl sites for hydroxylation is 1. The molecule has 0 unspecified atom stereocenters. The van der Waals surface area contributed by atoms with Crippen LogP contribution in [0.1, 0.15) is 48.3 Å². The average molecular weight is 305 g/mol. The Balaban J connectivity index is 2.06. The van der Waals surface area contributed by atoms with Crippen LogP contribution in [-0.2, 0) is 18.3 Å². The standard InChI is InChI=1S/C16H23N3O3/c1-5-11-8-12(22-18-11)9-17-15(20)13-7-10(3)14(6-2)19(4)16(13)21/h7,12H,5-6,8-9H2,1-4H3,(H,17,20)/t12-/m0/s1. The van der Waals surface area contributed by atoms with Crippen LogP contribution >= 0.6 is 0 Å². The predicted molar refractivity (Wildman–Crippen MR) is 85.3 cm³/mol. The van der Waals surface area contributed by atoms with E-state index < -0.39 is 0 Å². The molecule has 0 aromatic carbocycles. The normalized spacial score (nSPS) is 17.1. The van der Waals surface area contributed by atoms with Crippen molar-refractivity contribution in [2.75, 3.05) is 6.54 Å². The summed E-state index contributed by atoms with van der Waals surface area (Å²) in [5, 5.41) is 6.72. The molecule has 1 amide bonds. The van der Waals surface area contributed by atoms with Gasteiger partial charge in [0.1, 0.15) is 11.7 Å². The highest BCUT2D eigenvalue weighted by molar-refractivity contribution is 5.94. The van der Waals surface area contributed by atoms with Crippen LogP contribution in [-0.4, -0.2) is 28.8 Å². The summed E-state index contributed by atoms with van der Waals surface area (Å²) < 4.78 is 1.55. The Labute approximate surface area is 130 Å². The number of pyridine rings is 1. The van der Waals surface area contributed by atoms with Gasteiger partial charge >= 0.3 is 0 Å². The van der Waals surface area contributed by atoms with E-state index in [4.69, 9.17) is 4.84 Å². The van der Waals surface area contributed by atoms with E-state index in [0.29, 0.717) is 6.54 Å². The Hall–Kier alpha value is -2.11. The first-order valence-electron chi connectivity index (χ1n) is 7.67. The summed E-state index contributed by atoms with van der Waals surface area (Å²) in [6.45, 7) is 6.27. The van der Waals surface area contributed by atoms with E-state index in [9.17, 15) is 9.59 Å². The molecule has 6 nitrogen and oxygen atoms in total. The highest BCUT2D eigenvalue weighted by Gasteiger charge is 2.22. The summed E-state index contributed by atoms with van der Waals surface area (Å²) >= 11 is 0. The first kappa shape index (κ1) is 16.3. The van der Waals surface area contributed by atoms with Crippen molar-refractivity contribution in [3.05, 3.63) is 33.2 Å². The van der Waals surface area contributed by atoms with E-state index in [2.05, 4.69) is 10.5 Å². The van der Waals surface area contributed by atoms with Crippen LogP contribution in [0.4, 0.5) is 0 Å². The molecule has 1 aliphatic rings. The molecule has 0 spiro atoms. The van der Waals surface area contributed by atoms with E-state index in [-0.39, 0.29) is 23.1 Å². The smallest absolute Gasteiger partial charge is 0.263 e. The molecule has 0 radical (unpaired) electrons. The van der Waals surface area contributed by atoms with Gasteiger partial charge in [-0.1, -0.05) is 19.0 Å². The monoisotopic (exact) mass is 305 g/mol. The topological polar surface area (TPSA) is 72.7 Å². The third-order valence-electron chi connectivity index (χ3n) is 4.03. The van der Waals surface area contributed by atoms with Crippen molar-refractivity contribution < 1.29 is 9.63 Å². The summed E-state index contributed by atoms with van der Waals surface area (Å²) in [6.07, 6.45) is 2.19. The highest BCUT2D eigenvalue weighted by Crippen LogP contribution is 2.12. The van der Waals surface area contributed by atoms with Gasteiger partial charge in [0.2, 0.25) is 0 Å². The molecular formula is C16H23N3O3. The second-order valence-electron chi connectivity index (χ2n) is 5.56. The van der Waals surface area contributed by atoms with Gasteiger partial charge in [0.25, 0.3) is 11.5 Å². The minimum Gasteiger partial charge on any atom is -0.390 e. The Morgan fingerprint density at radius 2 is 2.18 bits per heavy atom. The first-order chi connectivity index (χ1) is 10.5. The van der Waals surface area contributed by atoms with Crippen molar-refractivity contribution in [3.8, 4) is 0 Å². The SMILES string of the molecule is CCC1=NO[C@H](CNC(=O)c2cc(C)c(CC)n(C)c2=O)C1. The quantitative estimate of drug-likeness (QED) is 0.897. The number of carbonyl (C=O) groups is 1. The summed E-state index contributed by atoms with van der Waals surface area (Å²) in [7, 11) is 1.70. The molecule has 1 aromatic rings. The lowest BCUT2D eigenvalue weighted by Gasteiger charge is -2.13. The lowest BCUT2D eigenvalue weighted by atomic mass is 10.1. The molecule has 1 N–H and O–H groups in total. The molecule has 22 heavy (non-hydrogen) atoms. The number of nitrogens with one attached hydrogen (secondary N) is 1. The molecule has 1 aliphatic heterocycles. The Morgan fingerprint density at radius 3 is 2.77 bits per heavy atom. The largest absolute Gasteiger partial charge is 0.390 e. The molecule has 0 fully saturated rings. The summed E-state index contributed by atoms with van der Waals surface area (Å²) in [5.74, 6) is -0.361. The van der Waals surface area contributed by atoms with Crippen LogP contribution in [0.3, 0.4) is 0 Å². The van der Waals surface area contributed by atoms with E-state index in [1.807, 2.05) is 20.8 Å². The Morgan fingerprint density at radius 1 is 1.45 bits per heavy atom. The van der Waals surface area contributed by atoms with Gasteiger partial charge in [-0.15, -0.1) is 0 Å². The molecule has 0 bridgehead atoms. The fourth-order valence-corrected chi connectivity index (χ4v) is 2.71. The minimum absolute atomic E-state index is 0.140. The second kappa shape index (κ2) is 6.77. The molecular weight excluding hydrogens is 282 g/mol. The third kappa shape index (κ3) is 3.21.